The van der Waals surface area contributed by atoms with E-state index in [-0.39, 0.29) is 6.61 Å². The number of β-amino-alcohol motifs (C(OH)–C–C–N with tert-alkyl or cyclic N) is 1. The van der Waals surface area contributed by atoms with Crippen LogP contribution >= 0.6 is 0 Å². The van der Waals surface area contributed by atoms with Crippen LogP contribution in [0.15, 0.2) is 60.7 Å². The maximum absolute atomic E-state index is 10.5. The standard InChI is InChI=1S/C27H34N2O4/c1-31-26-11-5-9-23(27(26)33-20-24(30)19-29-14-16-32-17-15-29)18-28-13-12-22-8-4-7-21-6-2-3-10-25(21)22/h2-11,24,28,30H,12-20H2,1H3. The number of benzene rings is 3. The number of para-hydroxylation sites is 1. The van der Waals surface area contributed by atoms with Gasteiger partial charge in [0.2, 0.25) is 0 Å². The summed E-state index contributed by atoms with van der Waals surface area (Å²) in [5, 5.41) is 16.6. The lowest BCUT2D eigenvalue weighted by atomic mass is 10.0. The molecule has 1 unspecified atom stereocenters. The molecular weight excluding hydrogens is 416 g/mol. The van der Waals surface area contributed by atoms with E-state index >= 15 is 0 Å². The van der Waals surface area contributed by atoms with Crippen molar-refractivity contribution in [2.45, 2.75) is 19.1 Å². The van der Waals surface area contributed by atoms with Gasteiger partial charge in [-0.1, -0.05) is 54.6 Å². The molecular formula is C27H34N2O4. The number of nitrogens with zero attached hydrogens (tertiary/aromatic N) is 1. The molecule has 0 aliphatic carbocycles. The summed E-state index contributed by atoms with van der Waals surface area (Å²) in [4.78, 5) is 2.20. The Balaban J connectivity index is 1.32. The van der Waals surface area contributed by atoms with Crippen LogP contribution in [0.4, 0.5) is 0 Å². The van der Waals surface area contributed by atoms with E-state index in [1.165, 1.54) is 16.3 Å². The van der Waals surface area contributed by atoms with Gasteiger partial charge >= 0.3 is 0 Å². The summed E-state index contributed by atoms with van der Waals surface area (Å²) in [6, 6.07) is 20.9. The predicted octanol–water partition coefficient (Wildman–Crippen LogP) is 3.25. The Morgan fingerprint density at radius 2 is 1.76 bits per heavy atom. The summed E-state index contributed by atoms with van der Waals surface area (Å²) < 4.78 is 17.0. The van der Waals surface area contributed by atoms with Gasteiger partial charge in [-0.05, 0) is 35.4 Å². The van der Waals surface area contributed by atoms with E-state index in [0.717, 1.165) is 31.6 Å². The van der Waals surface area contributed by atoms with E-state index in [9.17, 15) is 5.11 Å². The molecule has 3 aromatic carbocycles. The van der Waals surface area contributed by atoms with Crippen LogP contribution in [-0.2, 0) is 17.7 Å². The zero-order valence-electron chi connectivity index (χ0n) is 19.3. The average molecular weight is 451 g/mol. The lowest BCUT2D eigenvalue weighted by Crippen LogP contribution is -2.42. The van der Waals surface area contributed by atoms with Gasteiger partial charge in [-0.25, -0.2) is 0 Å². The number of nitrogens with one attached hydrogen (secondary N) is 1. The third-order valence-corrected chi connectivity index (χ3v) is 6.04. The Hall–Kier alpha value is -2.64. The number of methoxy groups -OCH3 is 1. The summed E-state index contributed by atoms with van der Waals surface area (Å²) in [7, 11) is 1.64. The van der Waals surface area contributed by atoms with E-state index in [2.05, 4.69) is 52.7 Å². The topological polar surface area (TPSA) is 63.2 Å². The quantitative estimate of drug-likeness (QED) is 0.438. The lowest BCUT2D eigenvalue weighted by Gasteiger charge is -2.28. The van der Waals surface area contributed by atoms with Crippen LogP contribution in [-0.4, -0.2) is 69.2 Å². The maximum Gasteiger partial charge on any atom is 0.165 e. The molecule has 1 atom stereocenters. The molecule has 0 amide bonds. The Kier molecular flexibility index (Phi) is 8.55. The number of hydrogen-bond acceptors (Lipinski definition) is 6. The van der Waals surface area contributed by atoms with Crippen LogP contribution in [0.25, 0.3) is 10.8 Å². The van der Waals surface area contributed by atoms with E-state index in [1.54, 1.807) is 7.11 Å². The van der Waals surface area contributed by atoms with Gasteiger partial charge in [0.15, 0.2) is 11.5 Å². The summed E-state index contributed by atoms with van der Waals surface area (Å²) >= 11 is 0. The maximum atomic E-state index is 10.5. The number of ether oxygens (including phenoxy) is 3. The molecule has 0 saturated carbocycles. The van der Waals surface area contributed by atoms with Crippen molar-refractivity contribution in [1.82, 2.24) is 10.2 Å². The van der Waals surface area contributed by atoms with Gasteiger partial charge in [0.05, 0.1) is 20.3 Å². The third-order valence-electron chi connectivity index (χ3n) is 6.04. The van der Waals surface area contributed by atoms with Crippen molar-refractivity contribution >= 4 is 10.8 Å². The first-order valence-electron chi connectivity index (χ1n) is 11.7. The van der Waals surface area contributed by atoms with Gasteiger partial charge in [0.1, 0.15) is 12.7 Å². The highest BCUT2D eigenvalue weighted by Gasteiger charge is 2.17. The number of morpholine rings is 1. The molecule has 2 N–H and O–H groups in total. The third kappa shape index (κ3) is 6.45. The highest BCUT2D eigenvalue weighted by atomic mass is 16.5. The molecule has 33 heavy (non-hydrogen) atoms. The molecule has 0 aromatic heterocycles. The average Bonchev–Trinajstić information content (AvgIpc) is 2.86. The Labute approximate surface area is 196 Å². The fourth-order valence-electron chi connectivity index (χ4n) is 4.30. The van der Waals surface area contributed by atoms with Crippen molar-refractivity contribution in [3.05, 3.63) is 71.8 Å². The minimum Gasteiger partial charge on any atom is -0.493 e. The van der Waals surface area contributed by atoms with Crippen molar-refractivity contribution < 1.29 is 19.3 Å². The summed E-state index contributed by atoms with van der Waals surface area (Å²) in [6.45, 7) is 5.44. The van der Waals surface area contributed by atoms with E-state index < -0.39 is 6.10 Å². The highest BCUT2D eigenvalue weighted by molar-refractivity contribution is 5.85. The van der Waals surface area contributed by atoms with Crippen molar-refractivity contribution in [2.75, 3.05) is 53.1 Å². The molecule has 1 aliphatic heterocycles. The highest BCUT2D eigenvalue weighted by Crippen LogP contribution is 2.31. The van der Waals surface area contributed by atoms with Crippen molar-refractivity contribution in [1.29, 1.82) is 0 Å². The molecule has 1 heterocycles. The summed E-state index contributed by atoms with van der Waals surface area (Å²) in [5.74, 6) is 1.38. The zero-order chi connectivity index (χ0) is 22.9. The Morgan fingerprint density at radius 1 is 1.00 bits per heavy atom. The van der Waals surface area contributed by atoms with E-state index in [0.29, 0.717) is 37.8 Å². The smallest absolute Gasteiger partial charge is 0.165 e. The van der Waals surface area contributed by atoms with E-state index in [1.807, 2.05) is 18.2 Å². The van der Waals surface area contributed by atoms with Crippen LogP contribution in [0, 0.1) is 0 Å². The van der Waals surface area contributed by atoms with Gasteiger partial charge in [-0.3, -0.25) is 4.90 Å². The van der Waals surface area contributed by atoms with Crippen molar-refractivity contribution in [3.8, 4) is 11.5 Å². The fourth-order valence-corrected chi connectivity index (χ4v) is 4.30. The first-order valence-corrected chi connectivity index (χ1v) is 11.7. The zero-order valence-corrected chi connectivity index (χ0v) is 19.3. The molecule has 0 spiro atoms. The van der Waals surface area contributed by atoms with Crippen molar-refractivity contribution in [3.63, 3.8) is 0 Å². The number of rotatable bonds is 11. The van der Waals surface area contributed by atoms with Crippen LogP contribution in [0.2, 0.25) is 0 Å². The lowest BCUT2D eigenvalue weighted by molar-refractivity contribution is 0.00436. The molecule has 6 nitrogen and oxygen atoms in total. The minimum absolute atomic E-state index is 0.223. The molecule has 3 aromatic rings. The largest absolute Gasteiger partial charge is 0.493 e. The van der Waals surface area contributed by atoms with Crippen LogP contribution in [0.3, 0.4) is 0 Å². The SMILES string of the molecule is COc1cccc(CNCCc2cccc3ccccc23)c1OCC(O)CN1CCOCC1. The van der Waals surface area contributed by atoms with Crippen molar-refractivity contribution in [2.24, 2.45) is 0 Å². The van der Waals surface area contributed by atoms with Gasteiger partial charge in [0, 0.05) is 31.7 Å². The molecule has 1 aliphatic rings. The second-order valence-electron chi connectivity index (χ2n) is 8.39. The summed E-state index contributed by atoms with van der Waals surface area (Å²) in [5.41, 5.74) is 2.36. The number of aliphatic hydroxyl groups excluding tert-OH is 1. The van der Waals surface area contributed by atoms with Gasteiger partial charge in [-0.15, -0.1) is 0 Å². The molecule has 6 heteroatoms. The number of fused-ring (bicyclic) bond motifs is 1. The number of hydrogen-bond donors (Lipinski definition) is 2. The Morgan fingerprint density at radius 3 is 2.61 bits per heavy atom. The molecule has 0 radical (unpaired) electrons. The van der Waals surface area contributed by atoms with Gasteiger partial charge in [-0.2, -0.15) is 0 Å². The number of aliphatic hydroxyl groups is 1. The Bertz CT molecular complexity index is 1010. The molecule has 0 bridgehead atoms. The summed E-state index contributed by atoms with van der Waals surface area (Å²) in [6.07, 6.45) is 0.375. The van der Waals surface area contributed by atoms with Gasteiger partial charge < -0.3 is 24.6 Å². The second-order valence-corrected chi connectivity index (χ2v) is 8.39. The van der Waals surface area contributed by atoms with E-state index in [4.69, 9.17) is 14.2 Å². The first kappa shape index (κ1) is 23.5. The van der Waals surface area contributed by atoms with Gasteiger partial charge in [0.25, 0.3) is 0 Å². The normalized spacial score (nSPS) is 15.5. The predicted molar refractivity (Wildman–Crippen MR) is 131 cm³/mol. The van der Waals surface area contributed by atoms with Crippen LogP contribution < -0.4 is 14.8 Å². The fraction of sp³-hybridized carbons (Fsp3) is 0.407. The molecule has 176 valence electrons. The van der Waals surface area contributed by atoms with Crippen LogP contribution in [0.1, 0.15) is 11.1 Å². The molecule has 1 saturated heterocycles. The second kappa shape index (κ2) is 12.0. The first-order chi connectivity index (χ1) is 16.2. The monoisotopic (exact) mass is 450 g/mol. The molecule has 4 rings (SSSR count). The molecule has 1 fully saturated rings. The minimum atomic E-state index is -0.569. The van der Waals surface area contributed by atoms with Crippen LogP contribution in [0.5, 0.6) is 11.5 Å².